The molecule has 186 valence electrons. The Balaban J connectivity index is 1.78. The van der Waals surface area contributed by atoms with Crippen molar-refractivity contribution in [2.75, 3.05) is 38.3 Å². The molecule has 1 aromatic heterocycles. The minimum Gasteiger partial charge on any atom is -0.491 e. The molecule has 3 rings (SSSR count). The highest BCUT2D eigenvalue weighted by molar-refractivity contribution is 5.74. The Morgan fingerprint density at radius 1 is 1.15 bits per heavy atom. The average Bonchev–Trinajstić information content (AvgIpc) is 2.82. The second-order valence-electron chi connectivity index (χ2n) is 8.32. The van der Waals surface area contributed by atoms with Crippen LogP contribution in [-0.4, -0.2) is 60.6 Å². The zero-order valence-electron chi connectivity index (χ0n) is 19.2. The molecule has 1 fully saturated rings. The number of aromatic nitrogens is 2. The lowest BCUT2D eigenvalue weighted by atomic mass is 9.97. The van der Waals surface area contributed by atoms with Gasteiger partial charge in [-0.15, -0.1) is 0 Å². The van der Waals surface area contributed by atoms with Crippen molar-refractivity contribution >= 4 is 11.8 Å². The maximum Gasteiger partial charge on any atom is 0.389 e. The van der Waals surface area contributed by atoms with Crippen LogP contribution in [0.1, 0.15) is 37.8 Å². The number of alkyl halides is 3. The van der Waals surface area contributed by atoms with Crippen molar-refractivity contribution in [2.45, 2.75) is 44.7 Å². The fraction of sp³-hybridized carbons (Fsp3) is 0.542. The van der Waals surface area contributed by atoms with Crippen LogP contribution < -0.4 is 9.64 Å². The number of hydrogen-bond donors (Lipinski definition) is 1. The Kier molecular flexibility index (Phi) is 9.09. The van der Waals surface area contributed by atoms with Gasteiger partial charge in [-0.05, 0) is 56.4 Å². The number of carbonyl (C=O) groups is 1. The Bertz CT molecular complexity index is 930. The van der Waals surface area contributed by atoms with Crippen molar-refractivity contribution in [1.82, 2.24) is 9.97 Å². The van der Waals surface area contributed by atoms with Crippen LogP contribution in [0.25, 0.3) is 11.3 Å². The number of aryl methyl sites for hydroxylation is 1. The van der Waals surface area contributed by atoms with Gasteiger partial charge in [-0.1, -0.05) is 0 Å². The van der Waals surface area contributed by atoms with E-state index in [1.54, 1.807) is 13.3 Å². The molecule has 0 bridgehead atoms. The molecule has 0 aliphatic carbocycles. The van der Waals surface area contributed by atoms with Crippen molar-refractivity contribution in [2.24, 2.45) is 5.92 Å². The van der Waals surface area contributed by atoms with Crippen molar-refractivity contribution < 1.29 is 32.5 Å². The van der Waals surface area contributed by atoms with E-state index in [1.807, 2.05) is 29.2 Å². The smallest absolute Gasteiger partial charge is 0.389 e. The van der Waals surface area contributed by atoms with Gasteiger partial charge in [0.05, 0.1) is 18.2 Å². The summed E-state index contributed by atoms with van der Waals surface area (Å²) >= 11 is 0. The third-order valence-electron chi connectivity index (χ3n) is 5.77. The second kappa shape index (κ2) is 12.0. The molecule has 1 aromatic carbocycles. The lowest BCUT2D eigenvalue weighted by molar-refractivity contribution is -0.142. The molecule has 1 N–H and O–H groups in total. The van der Waals surface area contributed by atoms with Gasteiger partial charge in [-0.25, -0.2) is 4.98 Å². The molecule has 0 unspecified atom stereocenters. The van der Waals surface area contributed by atoms with Crippen LogP contribution in [0, 0.1) is 5.92 Å². The van der Waals surface area contributed by atoms with E-state index in [4.69, 9.17) is 14.5 Å². The minimum absolute atomic E-state index is 0.0385. The molecule has 0 saturated carbocycles. The largest absolute Gasteiger partial charge is 0.491 e. The number of benzene rings is 1. The van der Waals surface area contributed by atoms with Gasteiger partial charge in [0.1, 0.15) is 18.1 Å². The number of anilines is 1. The van der Waals surface area contributed by atoms with Crippen LogP contribution in [-0.2, 0) is 16.0 Å². The van der Waals surface area contributed by atoms with Crippen LogP contribution >= 0.6 is 0 Å². The van der Waals surface area contributed by atoms with Crippen LogP contribution in [0.2, 0.25) is 0 Å². The number of methoxy groups -OCH3 is 1. The summed E-state index contributed by atoms with van der Waals surface area (Å²) in [5, 5.41) is 9.31. The molecule has 0 spiro atoms. The molecule has 1 saturated heterocycles. The number of ether oxygens (including phenoxy) is 2. The summed E-state index contributed by atoms with van der Waals surface area (Å²) in [5.74, 6) is 0.138. The van der Waals surface area contributed by atoms with Gasteiger partial charge in [0.2, 0.25) is 0 Å². The molecule has 0 radical (unpaired) electrons. The first-order valence-electron chi connectivity index (χ1n) is 11.4. The number of nitrogens with zero attached hydrogens (tertiary/aromatic N) is 3. The van der Waals surface area contributed by atoms with E-state index in [2.05, 4.69) is 4.98 Å². The Morgan fingerprint density at radius 2 is 1.85 bits per heavy atom. The third-order valence-corrected chi connectivity index (χ3v) is 5.77. The quantitative estimate of drug-likeness (QED) is 0.464. The van der Waals surface area contributed by atoms with E-state index in [0.717, 1.165) is 5.56 Å². The van der Waals surface area contributed by atoms with Gasteiger partial charge in [-0.2, -0.15) is 13.2 Å². The van der Waals surface area contributed by atoms with E-state index >= 15 is 0 Å². The SMILES string of the molecule is COCCOc1ccc(-c2ncc(CCCCC(F)(F)F)nc2N2CCC(C(=O)O)CC2)cc1. The summed E-state index contributed by atoms with van der Waals surface area (Å²) in [6.45, 7) is 1.96. The first-order valence-corrected chi connectivity index (χ1v) is 11.4. The highest BCUT2D eigenvalue weighted by Crippen LogP contribution is 2.32. The number of rotatable bonds is 11. The van der Waals surface area contributed by atoms with E-state index in [9.17, 15) is 23.1 Å². The fourth-order valence-corrected chi connectivity index (χ4v) is 3.88. The number of carboxylic acid groups (broad SMARTS) is 1. The van der Waals surface area contributed by atoms with E-state index in [1.165, 1.54) is 0 Å². The minimum atomic E-state index is -4.16. The van der Waals surface area contributed by atoms with Crippen LogP contribution in [0.3, 0.4) is 0 Å². The van der Waals surface area contributed by atoms with Gasteiger partial charge in [0.15, 0.2) is 5.82 Å². The standard InChI is InChI=1S/C24H30F3N3O4/c1-33-14-15-34-20-7-5-17(6-8-20)21-22(30-12-9-18(10-13-30)23(31)32)29-19(16-28-21)4-2-3-11-24(25,26)27/h5-8,16,18H,2-4,9-15H2,1H3,(H,31,32). The van der Waals surface area contributed by atoms with Crippen molar-refractivity contribution in [3.05, 3.63) is 36.2 Å². The summed E-state index contributed by atoms with van der Waals surface area (Å²) in [4.78, 5) is 22.7. The second-order valence-corrected chi connectivity index (χ2v) is 8.32. The van der Waals surface area contributed by atoms with Crippen LogP contribution in [0.5, 0.6) is 5.75 Å². The molecule has 7 nitrogen and oxygen atoms in total. The summed E-state index contributed by atoms with van der Waals surface area (Å²) in [6.07, 6.45) is -1.56. The van der Waals surface area contributed by atoms with Crippen LogP contribution in [0.15, 0.2) is 30.5 Å². The summed E-state index contributed by atoms with van der Waals surface area (Å²) in [5.41, 5.74) is 2.10. The molecule has 0 amide bonds. The summed E-state index contributed by atoms with van der Waals surface area (Å²) < 4.78 is 47.9. The highest BCUT2D eigenvalue weighted by atomic mass is 19.4. The molecule has 2 aromatic rings. The van der Waals surface area contributed by atoms with E-state index in [0.29, 0.717) is 74.9 Å². The Hall–Kier alpha value is -2.88. The maximum absolute atomic E-state index is 12.4. The number of halogens is 3. The molecule has 10 heteroatoms. The molecule has 34 heavy (non-hydrogen) atoms. The zero-order valence-corrected chi connectivity index (χ0v) is 19.2. The molecule has 0 atom stereocenters. The van der Waals surface area contributed by atoms with Gasteiger partial charge >= 0.3 is 12.1 Å². The fourth-order valence-electron chi connectivity index (χ4n) is 3.88. The molecule has 2 heterocycles. The summed E-state index contributed by atoms with van der Waals surface area (Å²) in [7, 11) is 1.60. The number of piperidine rings is 1. The third kappa shape index (κ3) is 7.58. The van der Waals surface area contributed by atoms with Gasteiger partial charge in [0.25, 0.3) is 0 Å². The molecular weight excluding hydrogens is 451 g/mol. The van der Waals surface area contributed by atoms with Crippen molar-refractivity contribution in [1.29, 1.82) is 0 Å². The van der Waals surface area contributed by atoms with Crippen molar-refractivity contribution in [3.8, 4) is 17.0 Å². The van der Waals surface area contributed by atoms with Gasteiger partial charge in [0, 0.05) is 38.4 Å². The number of aliphatic carboxylic acids is 1. The number of carboxylic acids is 1. The predicted molar refractivity (Wildman–Crippen MR) is 121 cm³/mol. The predicted octanol–water partition coefficient (Wildman–Crippen LogP) is 4.74. The lowest BCUT2D eigenvalue weighted by Gasteiger charge is -2.32. The zero-order chi connectivity index (χ0) is 24.6. The van der Waals surface area contributed by atoms with E-state index in [-0.39, 0.29) is 12.3 Å². The van der Waals surface area contributed by atoms with Gasteiger partial charge in [-0.3, -0.25) is 9.78 Å². The summed E-state index contributed by atoms with van der Waals surface area (Å²) in [6, 6.07) is 7.42. The topological polar surface area (TPSA) is 84.8 Å². The van der Waals surface area contributed by atoms with Crippen molar-refractivity contribution in [3.63, 3.8) is 0 Å². The Labute approximate surface area is 196 Å². The Morgan fingerprint density at radius 3 is 2.47 bits per heavy atom. The first kappa shape index (κ1) is 25.7. The van der Waals surface area contributed by atoms with Crippen LogP contribution in [0.4, 0.5) is 19.0 Å². The average molecular weight is 482 g/mol. The normalized spacial score (nSPS) is 14.9. The monoisotopic (exact) mass is 481 g/mol. The highest BCUT2D eigenvalue weighted by Gasteiger charge is 2.28. The van der Waals surface area contributed by atoms with E-state index < -0.39 is 18.6 Å². The maximum atomic E-state index is 12.4. The first-order chi connectivity index (χ1) is 16.3. The molecule has 1 aliphatic rings. The number of unbranched alkanes of at least 4 members (excludes halogenated alkanes) is 1. The molecule has 1 aliphatic heterocycles. The number of hydrogen-bond acceptors (Lipinski definition) is 6. The lowest BCUT2D eigenvalue weighted by Crippen LogP contribution is -2.37. The van der Waals surface area contributed by atoms with Gasteiger partial charge < -0.3 is 19.5 Å². The molecular formula is C24H30F3N3O4.